The molecule has 0 saturated carbocycles. The van der Waals surface area contributed by atoms with Crippen LogP contribution in [0.3, 0.4) is 0 Å². The van der Waals surface area contributed by atoms with Gasteiger partial charge in [-0.25, -0.2) is 4.98 Å². The lowest BCUT2D eigenvalue weighted by Crippen LogP contribution is -2.08. The Bertz CT molecular complexity index is 1040. The number of hydrogen-bond acceptors (Lipinski definition) is 3. The minimum Gasteiger partial charge on any atom is -0.306 e. The van der Waals surface area contributed by atoms with Gasteiger partial charge in [-0.15, -0.1) is 11.3 Å². The minimum absolute atomic E-state index is 0.104. The Balaban J connectivity index is 1.91. The first-order valence-electron chi connectivity index (χ1n) is 7.05. The number of aromatic amines is 1. The molecule has 4 aromatic rings. The first-order valence-corrected chi connectivity index (χ1v) is 8.72. The number of nitrogens with one attached hydrogen (secondary N) is 1. The van der Waals surface area contributed by atoms with E-state index in [-0.39, 0.29) is 5.56 Å². The van der Waals surface area contributed by atoms with Gasteiger partial charge >= 0.3 is 0 Å². The summed E-state index contributed by atoms with van der Waals surface area (Å²) in [5.41, 5.74) is 2.74. The lowest BCUT2D eigenvalue weighted by molar-refractivity contribution is 1.19. The number of halogens is 1. The number of rotatable bonds is 2. The second kappa shape index (κ2) is 5.76. The maximum absolute atomic E-state index is 12.6. The number of nitrogens with zero attached hydrogens (tertiary/aromatic N) is 1. The molecule has 0 amide bonds. The Morgan fingerprint density at radius 2 is 1.70 bits per heavy atom. The van der Waals surface area contributed by atoms with E-state index in [4.69, 9.17) is 0 Å². The smallest absolute Gasteiger partial charge is 0.260 e. The van der Waals surface area contributed by atoms with E-state index in [1.807, 2.05) is 60.0 Å². The third-order valence-electron chi connectivity index (χ3n) is 3.65. The van der Waals surface area contributed by atoms with Gasteiger partial charge in [-0.05, 0) is 17.7 Å². The summed E-state index contributed by atoms with van der Waals surface area (Å²) in [5.74, 6) is 0.604. The maximum Gasteiger partial charge on any atom is 0.260 e. The molecule has 0 saturated heterocycles. The van der Waals surface area contributed by atoms with E-state index >= 15 is 0 Å². The second-order valence-electron chi connectivity index (χ2n) is 5.12. The average molecular weight is 383 g/mol. The van der Waals surface area contributed by atoms with Gasteiger partial charge < -0.3 is 4.98 Å². The summed E-state index contributed by atoms with van der Waals surface area (Å²) >= 11 is 4.92. The van der Waals surface area contributed by atoms with E-state index in [0.29, 0.717) is 11.2 Å². The molecule has 0 atom stereocenters. The SMILES string of the molecule is O=c1[nH]c(-c2ccccc2)nc2scc(-c3ccc(Br)cc3)c12. The quantitative estimate of drug-likeness (QED) is 0.525. The zero-order valence-electron chi connectivity index (χ0n) is 11.9. The van der Waals surface area contributed by atoms with Crippen LogP contribution in [0.2, 0.25) is 0 Å². The fraction of sp³-hybridized carbons (Fsp3) is 0. The van der Waals surface area contributed by atoms with Crippen molar-refractivity contribution in [3.8, 4) is 22.5 Å². The number of hydrogen-bond donors (Lipinski definition) is 1. The Morgan fingerprint density at radius 1 is 0.957 bits per heavy atom. The van der Waals surface area contributed by atoms with Crippen LogP contribution >= 0.6 is 27.3 Å². The van der Waals surface area contributed by atoms with Crippen LogP contribution in [0.25, 0.3) is 32.7 Å². The van der Waals surface area contributed by atoms with Gasteiger partial charge in [0.1, 0.15) is 10.7 Å². The molecule has 2 aromatic heterocycles. The van der Waals surface area contributed by atoms with Crippen LogP contribution in [-0.2, 0) is 0 Å². The predicted octanol–water partition coefficient (Wildman–Crippen LogP) is 5.08. The van der Waals surface area contributed by atoms with Crippen molar-refractivity contribution < 1.29 is 0 Å². The van der Waals surface area contributed by atoms with E-state index in [9.17, 15) is 4.79 Å². The van der Waals surface area contributed by atoms with Gasteiger partial charge in [-0.1, -0.05) is 58.4 Å². The molecule has 0 fully saturated rings. The highest BCUT2D eigenvalue weighted by Crippen LogP contribution is 2.32. The molecule has 2 heterocycles. The zero-order chi connectivity index (χ0) is 15.8. The number of benzene rings is 2. The number of aromatic nitrogens is 2. The molecule has 0 unspecified atom stereocenters. The molecular formula is C18H11BrN2OS. The first-order chi connectivity index (χ1) is 11.2. The van der Waals surface area contributed by atoms with Crippen molar-refractivity contribution in [3.05, 3.63) is 74.8 Å². The molecule has 0 aliphatic rings. The molecule has 5 heteroatoms. The van der Waals surface area contributed by atoms with Crippen molar-refractivity contribution in [1.29, 1.82) is 0 Å². The Morgan fingerprint density at radius 3 is 2.43 bits per heavy atom. The molecule has 112 valence electrons. The molecule has 0 spiro atoms. The van der Waals surface area contributed by atoms with Gasteiger partial charge in [0.25, 0.3) is 5.56 Å². The summed E-state index contributed by atoms with van der Waals surface area (Å²) in [6.07, 6.45) is 0. The van der Waals surface area contributed by atoms with Gasteiger partial charge in [0.05, 0.1) is 5.39 Å². The van der Waals surface area contributed by atoms with Gasteiger partial charge in [-0.3, -0.25) is 4.79 Å². The molecule has 2 aromatic carbocycles. The zero-order valence-corrected chi connectivity index (χ0v) is 14.3. The molecule has 0 aliphatic heterocycles. The molecule has 1 N–H and O–H groups in total. The summed E-state index contributed by atoms with van der Waals surface area (Å²) in [6.45, 7) is 0. The van der Waals surface area contributed by atoms with E-state index in [1.54, 1.807) is 0 Å². The highest BCUT2D eigenvalue weighted by Gasteiger charge is 2.13. The fourth-order valence-electron chi connectivity index (χ4n) is 2.52. The minimum atomic E-state index is -0.104. The third kappa shape index (κ3) is 2.62. The van der Waals surface area contributed by atoms with Crippen LogP contribution in [0, 0.1) is 0 Å². The Hall–Kier alpha value is -2.24. The summed E-state index contributed by atoms with van der Waals surface area (Å²) in [5, 5.41) is 2.64. The molecule has 0 radical (unpaired) electrons. The molecule has 3 nitrogen and oxygen atoms in total. The van der Waals surface area contributed by atoms with E-state index in [1.165, 1.54) is 11.3 Å². The molecule has 4 rings (SSSR count). The largest absolute Gasteiger partial charge is 0.306 e. The molecule has 0 bridgehead atoms. The lowest BCUT2D eigenvalue weighted by atomic mass is 10.1. The molecule has 23 heavy (non-hydrogen) atoms. The van der Waals surface area contributed by atoms with Crippen molar-refractivity contribution in [3.63, 3.8) is 0 Å². The summed E-state index contributed by atoms with van der Waals surface area (Å²) in [7, 11) is 0. The first kappa shape index (κ1) is 14.4. The van der Waals surface area contributed by atoms with Gasteiger partial charge in [0.15, 0.2) is 0 Å². The van der Waals surface area contributed by atoms with Crippen LogP contribution in [0.1, 0.15) is 0 Å². The van der Waals surface area contributed by atoms with E-state index in [0.717, 1.165) is 26.0 Å². The van der Waals surface area contributed by atoms with E-state index in [2.05, 4.69) is 25.9 Å². The van der Waals surface area contributed by atoms with Crippen LogP contribution in [0.15, 0.2) is 69.2 Å². The Labute approximate surface area is 144 Å². The van der Waals surface area contributed by atoms with Crippen molar-refractivity contribution in [1.82, 2.24) is 9.97 Å². The molecular weight excluding hydrogens is 372 g/mol. The summed E-state index contributed by atoms with van der Waals surface area (Å²) < 4.78 is 1.01. The third-order valence-corrected chi connectivity index (χ3v) is 5.05. The predicted molar refractivity (Wildman–Crippen MR) is 98.8 cm³/mol. The molecule has 0 aliphatic carbocycles. The number of thiophene rings is 1. The van der Waals surface area contributed by atoms with Gasteiger partial charge in [0, 0.05) is 21.0 Å². The fourth-order valence-corrected chi connectivity index (χ4v) is 3.74. The van der Waals surface area contributed by atoms with E-state index < -0.39 is 0 Å². The van der Waals surface area contributed by atoms with Gasteiger partial charge in [-0.2, -0.15) is 0 Å². The highest BCUT2D eigenvalue weighted by molar-refractivity contribution is 9.10. The van der Waals surface area contributed by atoms with Crippen LogP contribution in [0.4, 0.5) is 0 Å². The van der Waals surface area contributed by atoms with Gasteiger partial charge in [0.2, 0.25) is 0 Å². The normalized spacial score (nSPS) is 11.0. The van der Waals surface area contributed by atoms with Crippen LogP contribution in [-0.4, -0.2) is 9.97 Å². The monoisotopic (exact) mass is 382 g/mol. The number of fused-ring (bicyclic) bond motifs is 1. The maximum atomic E-state index is 12.6. The lowest BCUT2D eigenvalue weighted by Gasteiger charge is -2.02. The van der Waals surface area contributed by atoms with Crippen molar-refractivity contribution in [2.45, 2.75) is 0 Å². The topological polar surface area (TPSA) is 45.8 Å². The van der Waals surface area contributed by atoms with Crippen molar-refractivity contribution in [2.24, 2.45) is 0 Å². The Kier molecular flexibility index (Phi) is 3.59. The van der Waals surface area contributed by atoms with Crippen molar-refractivity contribution in [2.75, 3.05) is 0 Å². The summed E-state index contributed by atoms with van der Waals surface area (Å²) in [4.78, 5) is 20.9. The van der Waals surface area contributed by atoms with Crippen LogP contribution < -0.4 is 5.56 Å². The summed E-state index contributed by atoms with van der Waals surface area (Å²) in [6, 6.07) is 17.6. The average Bonchev–Trinajstić information content (AvgIpc) is 3.01. The highest BCUT2D eigenvalue weighted by atomic mass is 79.9. The van der Waals surface area contributed by atoms with Crippen LogP contribution in [0.5, 0.6) is 0 Å². The number of H-pyrrole nitrogens is 1. The standard InChI is InChI=1S/C18H11BrN2OS/c19-13-8-6-11(7-9-13)14-10-23-18-15(14)17(22)20-16(21-18)12-4-2-1-3-5-12/h1-10H,(H,20,21,22). The van der Waals surface area contributed by atoms with Crippen molar-refractivity contribution >= 4 is 37.5 Å². The second-order valence-corrected chi connectivity index (χ2v) is 6.89.